The van der Waals surface area contributed by atoms with Crippen LogP contribution in [0.5, 0.6) is 0 Å². The first-order valence-electron chi connectivity index (χ1n) is 11.7. The number of nitrogens with zero attached hydrogens (tertiary/aromatic N) is 6. The van der Waals surface area contributed by atoms with E-state index in [-0.39, 0.29) is 23.0 Å². The number of ether oxygens (including phenoxy) is 4. The molecule has 0 spiro atoms. The number of nitriles is 1. The lowest BCUT2D eigenvalue weighted by Crippen LogP contribution is -2.59. The number of aromatic nitrogens is 2. The molecule has 2 aromatic carbocycles. The maximum Gasteiger partial charge on any atom is 0.418 e. The number of rotatable bonds is 5. The minimum Gasteiger partial charge on any atom is -0.378 e. The molecule has 6 atom stereocenters. The van der Waals surface area contributed by atoms with Gasteiger partial charge in [0.2, 0.25) is 0 Å². The molecule has 202 valence electrons. The quantitative estimate of drug-likeness (QED) is 0.225. The van der Waals surface area contributed by atoms with Gasteiger partial charge in [0.15, 0.2) is 12.0 Å². The highest BCUT2D eigenvalue weighted by atomic mass is 35.5. The fourth-order valence-electron chi connectivity index (χ4n) is 4.84. The Hall–Kier alpha value is -3.63. The fraction of sp³-hybridized carbons (Fsp3) is 0.360. The Morgan fingerprint density at radius 1 is 1.21 bits per heavy atom. The summed E-state index contributed by atoms with van der Waals surface area (Å²) in [5.74, 6) is 0. The number of hydrogen-bond donors (Lipinski definition) is 0. The van der Waals surface area contributed by atoms with Crippen molar-refractivity contribution >= 4 is 11.6 Å². The van der Waals surface area contributed by atoms with Gasteiger partial charge in [0, 0.05) is 28.7 Å². The molecule has 0 bridgehead atoms. The van der Waals surface area contributed by atoms with Gasteiger partial charge >= 0.3 is 6.18 Å². The summed E-state index contributed by atoms with van der Waals surface area (Å²) >= 11 is 6.05. The van der Waals surface area contributed by atoms with Crippen molar-refractivity contribution in [2.24, 2.45) is 5.11 Å². The maximum atomic E-state index is 13.9. The Kier molecular flexibility index (Phi) is 7.51. The van der Waals surface area contributed by atoms with Gasteiger partial charge in [-0.2, -0.15) is 23.5 Å². The molecule has 0 amide bonds. The third kappa shape index (κ3) is 5.18. The van der Waals surface area contributed by atoms with Crippen LogP contribution in [-0.2, 0) is 25.1 Å². The van der Waals surface area contributed by atoms with Crippen molar-refractivity contribution in [3.63, 3.8) is 0 Å². The van der Waals surface area contributed by atoms with E-state index in [4.69, 9.17) is 30.5 Å². The lowest BCUT2D eigenvalue weighted by molar-refractivity contribution is -0.310. The predicted molar refractivity (Wildman–Crippen MR) is 130 cm³/mol. The Morgan fingerprint density at radius 3 is 2.64 bits per heavy atom. The first-order chi connectivity index (χ1) is 18.7. The molecule has 14 heteroatoms. The second-order valence-electron chi connectivity index (χ2n) is 8.80. The molecule has 5 rings (SSSR count). The normalized spacial score (nSPS) is 26.8. The molecule has 10 nitrogen and oxygen atoms in total. The number of halogens is 4. The third-order valence-corrected chi connectivity index (χ3v) is 6.75. The minimum atomic E-state index is -4.75. The van der Waals surface area contributed by atoms with Crippen molar-refractivity contribution in [1.29, 1.82) is 5.26 Å². The molecule has 1 aromatic heterocycles. The van der Waals surface area contributed by atoms with Crippen LogP contribution in [0.4, 0.5) is 13.2 Å². The van der Waals surface area contributed by atoms with Crippen LogP contribution in [0.1, 0.15) is 34.9 Å². The summed E-state index contributed by atoms with van der Waals surface area (Å²) in [6.45, 7) is 0.0266. The standard InChI is InChI=1S/C25H20ClF3N6O4/c1-36-23-20(32-34-31)22-19(12-37-24(39-22)13-5-3-2-4-6-13)38-21(23)18-10-15(11-30)33-35(18)17-9-14(26)7-8-16(17)25(27,28)29/h2-10,19-24H,12H2,1H3/t19?,20?,21-,22-,23?,24?/m0/s1. The van der Waals surface area contributed by atoms with E-state index < -0.39 is 54.2 Å². The molecule has 2 aliphatic heterocycles. The lowest BCUT2D eigenvalue weighted by atomic mass is 9.90. The second kappa shape index (κ2) is 10.9. The van der Waals surface area contributed by atoms with Crippen molar-refractivity contribution in [3.8, 4) is 11.8 Å². The molecule has 39 heavy (non-hydrogen) atoms. The largest absolute Gasteiger partial charge is 0.418 e. The van der Waals surface area contributed by atoms with Crippen LogP contribution in [0.3, 0.4) is 0 Å². The zero-order chi connectivity index (χ0) is 27.7. The van der Waals surface area contributed by atoms with Gasteiger partial charge in [-0.1, -0.05) is 47.0 Å². The van der Waals surface area contributed by atoms with Gasteiger partial charge < -0.3 is 18.9 Å². The van der Waals surface area contributed by atoms with E-state index in [0.717, 1.165) is 28.4 Å². The third-order valence-electron chi connectivity index (χ3n) is 6.52. The molecule has 0 radical (unpaired) electrons. The zero-order valence-electron chi connectivity index (χ0n) is 20.2. The van der Waals surface area contributed by atoms with Crippen LogP contribution in [0.15, 0.2) is 59.7 Å². The van der Waals surface area contributed by atoms with Crippen LogP contribution in [0.2, 0.25) is 5.02 Å². The highest BCUT2D eigenvalue weighted by Gasteiger charge is 2.51. The maximum absolute atomic E-state index is 13.9. The molecular weight excluding hydrogens is 541 g/mol. The van der Waals surface area contributed by atoms with Crippen LogP contribution in [0.25, 0.3) is 16.1 Å². The summed E-state index contributed by atoms with van der Waals surface area (Å²) in [4.78, 5) is 2.96. The van der Waals surface area contributed by atoms with E-state index in [0.29, 0.717) is 0 Å². The van der Waals surface area contributed by atoms with Crippen molar-refractivity contribution in [3.05, 3.63) is 92.6 Å². The van der Waals surface area contributed by atoms with E-state index in [1.165, 1.54) is 13.2 Å². The van der Waals surface area contributed by atoms with Crippen molar-refractivity contribution in [2.75, 3.05) is 13.7 Å². The van der Waals surface area contributed by atoms with E-state index in [1.807, 2.05) is 36.4 Å². The summed E-state index contributed by atoms with van der Waals surface area (Å²) in [7, 11) is 1.35. The Bertz CT molecular complexity index is 1440. The van der Waals surface area contributed by atoms with Gasteiger partial charge in [-0.3, -0.25) is 0 Å². The number of hydrogen-bond acceptors (Lipinski definition) is 7. The van der Waals surface area contributed by atoms with Crippen LogP contribution >= 0.6 is 11.6 Å². The molecule has 0 saturated carbocycles. The van der Waals surface area contributed by atoms with Gasteiger partial charge in [0.1, 0.15) is 30.5 Å². The second-order valence-corrected chi connectivity index (χ2v) is 9.24. The fourth-order valence-corrected chi connectivity index (χ4v) is 5.00. The van der Waals surface area contributed by atoms with Gasteiger partial charge in [0.05, 0.1) is 29.6 Å². The smallest absolute Gasteiger partial charge is 0.378 e. The first kappa shape index (κ1) is 27.0. The average molecular weight is 561 g/mol. The molecule has 4 unspecified atom stereocenters. The van der Waals surface area contributed by atoms with Crippen LogP contribution in [0, 0.1) is 11.3 Å². The lowest BCUT2D eigenvalue weighted by Gasteiger charge is -2.48. The van der Waals surface area contributed by atoms with E-state index in [1.54, 1.807) is 0 Å². The highest BCUT2D eigenvalue weighted by molar-refractivity contribution is 6.30. The van der Waals surface area contributed by atoms with Crippen molar-refractivity contribution in [1.82, 2.24) is 9.78 Å². The van der Waals surface area contributed by atoms with Gasteiger partial charge in [-0.05, 0) is 23.7 Å². The van der Waals surface area contributed by atoms with Gasteiger partial charge in [-0.15, -0.1) is 0 Å². The predicted octanol–water partition coefficient (Wildman–Crippen LogP) is 5.66. The van der Waals surface area contributed by atoms with Crippen LogP contribution < -0.4 is 0 Å². The SMILES string of the molecule is COC1C(N=[N+]=[N-])[C@H]2OC(c3ccccc3)OCC2O[C@H]1c1cc(C#N)nn1-c1cc(Cl)ccc1C(F)(F)F. The number of alkyl halides is 3. The molecule has 3 heterocycles. The average Bonchev–Trinajstić information content (AvgIpc) is 3.37. The topological polar surface area (TPSA) is 127 Å². The van der Waals surface area contributed by atoms with Crippen LogP contribution in [-0.4, -0.2) is 47.9 Å². The van der Waals surface area contributed by atoms with E-state index in [2.05, 4.69) is 15.1 Å². The summed E-state index contributed by atoms with van der Waals surface area (Å²) in [5, 5.41) is 17.6. The monoisotopic (exact) mass is 560 g/mol. The minimum absolute atomic E-state index is 0.0266. The Balaban J connectivity index is 1.58. The molecule has 2 saturated heterocycles. The van der Waals surface area contributed by atoms with Gasteiger partial charge in [-0.25, -0.2) is 4.68 Å². The van der Waals surface area contributed by atoms with Crippen molar-refractivity contribution in [2.45, 2.75) is 42.9 Å². The Labute approximate surface area is 225 Å². The van der Waals surface area contributed by atoms with Crippen molar-refractivity contribution < 1.29 is 32.1 Å². The number of methoxy groups -OCH3 is 1. The molecule has 0 N–H and O–H groups in total. The number of azide groups is 1. The molecule has 3 aromatic rings. The summed E-state index contributed by atoms with van der Waals surface area (Å²) in [6.07, 6.45) is -9.25. The molecule has 2 aliphatic rings. The summed E-state index contributed by atoms with van der Waals surface area (Å²) in [5.41, 5.74) is 8.57. The molecule has 0 aliphatic carbocycles. The molecule has 2 fully saturated rings. The van der Waals surface area contributed by atoms with E-state index in [9.17, 15) is 24.0 Å². The van der Waals surface area contributed by atoms with E-state index >= 15 is 0 Å². The number of benzene rings is 2. The zero-order valence-corrected chi connectivity index (χ0v) is 21.0. The highest BCUT2D eigenvalue weighted by Crippen LogP contribution is 2.43. The summed E-state index contributed by atoms with van der Waals surface area (Å²) in [6, 6.07) is 14.3. The number of fused-ring (bicyclic) bond motifs is 1. The first-order valence-corrected chi connectivity index (χ1v) is 12.0. The summed E-state index contributed by atoms with van der Waals surface area (Å²) < 4.78 is 66.7. The molecular formula is C25H20ClF3N6O4. The Morgan fingerprint density at radius 2 is 1.97 bits per heavy atom. The van der Waals surface area contributed by atoms with Gasteiger partial charge in [0.25, 0.3) is 0 Å².